The van der Waals surface area contributed by atoms with Crippen LogP contribution in [0.15, 0.2) is 24.3 Å². The van der Waals surface area contributed by atoms with Crippen LogP contribution in [0.2, 0.25) is 0 Å². The van der Waals surface area contributed by atoms with Crippen molar-refractivity contribution in [2.24, 2.45) is 0 Å². The van der Waals surface area contributed by atoms with Crippen LogP contribution >= 0.6 is 0 Å². The second-order valence-electron chi connectivity index (χ2n) is 3.65. The van der Waals surface area contributed by atoms with Gasteiger partial charge in [0.2, 0.25) is 5.91 Å². The van der Waals surface area contributed by atoms with Gasteiger partial charge in [0.05, 0.1) is 11.8 Å². The molecule has 2 rings (SSSR count). The lowest BCUT2D eigenvalue weighted by Crippen LogP contribution is -2.33. The summed E-state index contributed by atoms with van der Waals surface area (Å²) in [6.45, 7) is 2.41. The summed E-state index contributed by atoms with van der Waals surface area (Å²) >= 11 is 0. The predicted molar refractivity (Wildman–Crippen MR) is 57.2 cm³/mol. The minimum absolute atomic E-state index is 0.0831. The smallest absolute Gasteiger partial charge is 0.242 e. The molecule has 1 aliphatic heterocycles. The highest BCUT2D eigenvalue weighted by atomic mass is 16.3. The zero-order chi connectivity index (χ0) is 10.8. The van der Waals surface area contributed by atoms with Gasteiger partial charge in [-0.3, -0.25) is 4.79 Å². The van der Waals surface area contributed by atoms with E-state index in [1.54, 1.807) is 11.9 Å². The van der Waals surface area contributed by atoms with Crippen LogP contribution in [-0.4, -0.2) is 17.6 Å². The molecule has 0 spiro atoms. The van der Waals surface area contributed by atoms with Crippen molar-refractivity contribution in [3.63, 3.8) is 0 Å². The molecule has 0 saturated carbocycles. The molecule has 1 heterocycles. The SMILES string of the molecule is CC(O)c1ccc(N2NCCC2=O)cc1. The molecule has 0 aliphatic carbocycles. The van der Waals surface area contributed by atoms with Crippen molar-refractivity contribution >= 4 is 11.6 Å². The van der Waals surface area contributed by atoms with Gasteiger partial charge in [-0.05, 0) is 24.6 Å². The standard InChI is InChI=1S/C11H14N2O2/c1-8(14)9-2-4-10(5-3-9)13-11(15)6-7-12-13/h2-5,8,12,14H,6-7H2,1H3. The van der Waals surface area contributed by atoms with E-state index in [0.717, 1.165) is 11.3 Å². The van der Waals surface area contributed by atoms with Gasteiger partial charge in [0.15, 0.2) is 0 Å². The predicted octanol–water partition coefficient (Wildman–Crippen LogP) is 0.981. The minimum Gasteiger partial charge on any atom is -0.389 e. The topological polar surface area (TPSA) is 52.6 Å². The molecule has 1 amide bonds. The molecule has 0 bridgehead atoms. The average Bonchev–Trinajstić information content (AvgIpc) is 2.65. The van der Waals surface area contributed by atoms with Crippen molar-refractivity contribution < 1.29 is 9.90 Å². The van der Waals surface area contributed by atoms with Gasteiger partial charge >= 0.3 is 0 Å². The van der Waals surface area contributed by atoms with E-state index in [-0.39, 0.29) is 5.91 Å². The summed E-state index contributed by atoms with van der Waals surface area (Å²) in [5.74, 6) is 0.0831. The molecule has 1 aromatic rings. The number of hydrogen-bond acceptors (Lipinski definition) is 3. The lowest BCUT2D eigenvalue weighted by molar-refractivity contribution is -0.117. The summed E-state index contributed by atoms with van der Waals surface area (Å²) in [5.41, 5.74) is 4.67. The zero-order valence-electron chi connectivity index (χ0n) is 8.60. The van der Waals surface area contributed by atoms with Crippen LogP contribution in [0.1, 0.15) is 25.0 Å². The summed E-state index contributed by atoms with van der Waals surface area (Å²) in [5, 5.41) is 10.9. The highest BCUT2D eigenvalue weighted by molar-refractivity contribution is 5.94. The van der Waals surface area contributed by atoms with Crippen LogP contribution < -0.4 is 10.4 Å². The Labute approximate surface area is 88.5 Å². The second-order valence-corrected chi connectivity index (χ2v) is 3.65. The Bertz CT molecular complexity index is 359. The third-order valence-electron chi connectivity index (χ3n) is 2.49. The van der Waals surface area contributed by atoms with E-state index < -0.39 is 6.10 Å². The van der Waals surface area contributed by atoms with Crippen LogP contribution in [0.4, 0.5) is 5.69 Å². The number of nitrogens with one attached hydrogen (secondary N) is 1. The van der Waals surface area contributed by atoms with Crippen LogP contribution in [0, 0.1) is 0 Å². The van der Waals surface area contributed by atoms with Crippen LogP contribution in [0.3, 0.4) is 0 Å². The Morgan fingerprint density at radius 1 is 1.40 bits per heavy atom. The van der Waals surface area contributed by atoms with Crippen molar-refractivity contribution in [2.75, 3.05) is 11.6 Å². The van der Waals surface area contributed by atoms with E-state index in [4.69, 9.17) is 0 Å². The monoisotopic (exact) mass is 206 g/mol. The molecule has 1 fully saturated rings. The minimum atomic E-state index is -0.471. The Morgan fingerprint density at radius 3 is 2.53 bits per heavy atom. The number of aliphatic hydroxyl groups is 1. The quantitative estimate of drug-likeness (QED) is 0.758. The van der Waals surface area contributed by atoms with Gasteiger partial charge in [-0.1, -0.05) is 12.1 Å². The number of aliphatic hydroxyl groups excluding tert-OH is 1. The molecule has 80 valence electrons. The van der Waals surface area contributed by atoms with Gasteiger partial charge in [0.25, 0.3) is 0 Å². The fourth-order valence-electron chi connectivity index (χ4n) is 1.61. The molecular weight excluding hydrogens is 192 g/mol. The van der Waals surface area contributed by atoms with E-state index >= 15 is 0 Å². The van der Waals surface area contributed by atoms with Gasteiger partial charge in [-0.2, -0.15) is 0 Å². The Kier molecular flexibility index (Phi) is 2.70. The van der Waals surface area contributed by atoms with Crippen molar-refractivity contribution in [1.82, 2.24) is 5.43 Å². The van der Waals surface area contributed by atoms with E-state index in [1.807, 2.05) is 24.3 Å². The lowest BCUT2D eigenvalue weighted by Gasteiger charge is -2.16. The molecule has 15 heavy (non-hydrogen) atoms. The van der Waals surface area contributed by atoms with Crippen LogP contribution in [-0.2, 0) is 4.79 Å². The number of carbonyl (C=O) groups excluding carboxylic acids is 1. The molecule has 0 aromatic heterocycles. The zero-order valence-corrected chi connectivity index (χ0v) is 8.60. The number of nitrogens with zero attached hydrogens (tertiary/aromatic N) is 1. The summed E-state index contributed by atoms with van der Waals surface area (Å²) in [6.07, 6.45) is 0.0688. The lowest BCUT2D eigenvalue weighted by atomic mass is 10.1. The molecule has 0 radical (unpaired) electrons. The Morgan fingerprint density at radius 2 is 2.07 bits per heavy atom. The molecule has 1 aromatic carbocycles. The number of rotatable bonds is 2. The van der Waals surface area contributed by atoms with E-state index in [2.05, 4.69) is 5.43 Å². The maximum Gasteiger partial charge on any atom is 0.242 e. The van der Waals surface area contributed by atoms with Crippen molar-refractivity contribution in [3.05, 3.63) is 29.8 Å². The summed E-state index contributed by atoms with van der Waals surface area (Å²) in [4.78, 5) is 11.4. The number of anilines is 1. The van der Waals surface area contributed by atoms with Gasteiger partial charge in [0, 0.05) is 13.0 Å². The number of hydrazine groups is 1. The summed E-state index contributed by atoms with van der Waals surface area (Å²) < 4.78 is 0. The number of benzene rings is 1. The van der Waals surface area contributed by atoms with Gasteiger partial charge < -0.3 is 5.11 Å². The summed E-state index contributed by atoms with van der Waals surface area (Å²) in [6, 6.07) is 7.32. The van der Waals surface area contributed by atoms with Gasteiger partial charge in [0.1, 0.15) is 0 Å². The largest absolute Gasteiger partial charge is 0.389 e. The highest BCUT2D eigenvalue weighted by Crippen LogP contribution is 2.19. The first kappa shape index (κ1) is 10.1. The van der Waals surface area contributed by atoms with Crippen molar-refractivity contribution in [3.8, 4) is 0 Å². The first-order valence-corrected chi connectivity index (χ1v) is 5.03. The highest BCUT2D eigenvalue weighted by Gasteiger charge is 2.21. The maximum absolute atomic E-state index is 11.4. The summed E-state index contributed by atoms with van der Waals surface area (Å²) in [7, 11) is 0. The van der Waals surface area contributed by atoms with E-state index in [9.17, 15) is 9.90 Å². The number of hydrogen-bond donors (Lipinski definition) is 2. The molecule has 1 atom stereocenters. The number of carbonyl (C=O) groups is 1. The first-order chi connectivity index (χ1) is 7.18. The fraction of sp³-hybridized carbons (Fsp3) is 0.364. The average molecular weight is 206 g/mol. The number of amides is 1. The van der Waals surface area contributed by atoms with Crippen molar-refractivity contribution in [2.45, 2.75) is 19.4 Å². The van der Waals surface area contributed by atoms with Crippen LogP contribution in [0.5, 0.6) is 0 Å². The first-order valence-electron chi connectivity index (χ1n) is 5.03. The second kappa shape index (κ2) is 4.00. The molecule has 1 aliphatic rings. The third-order valence-corrected chi connectivity index (χ3v) is 2.49. The van der Waals surface area contributed by atoms with E-state index in [0.29, 0.717) is 13.0 Å². The Hall–Kier alpha value is -1.39. The molecular formula is C11H14N2O2. The maximum atomic E-state index is 11.4. The van der Waals surface area contributed by atoms with Gasteiger partial charge in [-0.25, -0.2) is 10.4 Å². The molecule has 1 saturated heterocycles. The van der Waals surface area contributed by atoms with Crippen molar-refractivity contribution in [1.29, 1.82) is 0 Å². The third kappa shape index (κ3) is 2.00. The molecule has 4 heteroatoms. The molecule has 2 N–H and O–H groups in total. The molecule has 1 unspecified atom stereocenters. The Balaban J connectivity index is 2.19. The van der Waals surface area contributed by atoms with Crippen LogP contribution in [0.25, 0.3) is 0 Å². The van der Waals surface area contributed by atoms with E-state index in [1.165, 1.54) is 0 Å². The van der Waals surface area contributed by atoms with Gasteiger partial charge in [-0.15, -0.1) is 0 Å². The normalized spacial score (nSPS) is 18.3. The molecule has 4 nitrogen and oxygen atoms in total. The fourth-order valence-corrected chi connectivity index (χ4v) is 1.61.